The first-order valence-electron chi connectivity index (χ1n) is 12.6. The van der Waals surface area contributed by atoms with E-state index in [1.807, 2.05) is 91.0 Å². The molecule has 0 amide bonds. The largest absolute Gasteiger partial charge is 0.455 e. The number of hydrogen-bond acceptors (Lipinski definition) is 2. The van der Waals surface area contributed by atoms with Crippen molar-refractivity contribution in [3.05, 3.63) is 155 Å². The van der Waals surface area contributed by atoms with Crippen LogP contribution >= 0.6 is 15.9 Å². The van der Waals surface area contributed by atoms with E-state index < -0.39 is 5.60 Å². The molecule has 0 saturated heterocycles. The number of rotatable bonds is 4. The van der Waals surface area contributed by atoms with Gasteiger partial charge < -0.3 is 9.52 Å². The average molecular weight is 555 g/mol. The lowest BCUT2D eigenvalue weighted by Gasteiger charge is -2.33. The molecule has 0 fully saturated rings. The normalized spacial score (nSPS) is 11.9. The van der Waals surface area contributed by atoms with Crippen LogP contribution in [0.4, 0.5) is 0 Å². The molecule has 6 aromatic carbocycles. The van der Waals surface area contributed by atoms with E-state index in [1.165, 1.54) is 0 Å². The van der Waals surface area contributed by atoms with Crippen molar-refractivity contribution in [2.24, 2.45) is 0 Å². The summed E-state index contributed by atoms with van der Waals surface area (Å²) in [5.41, 5.74) is 4.52. The van der Waals surface area contributed by atoms with Crippen LogP contribution in [0.25, 0.3) is 43.8 Å². The molecule has 0 aliphatic heterocycles. The minimum Gasteiger partial charge on any atom is -0.455 e. The Labute approximate surface area is 228 Å². The number of para-hydroxylation sites is 2. The summed E-state index contributed by atoms with van der Waals surface area (Å²) in [6, 6.07) is 44.6. The smallest absolute Gasteiger partial charge is 0.143 e. The van der Waals surface area contributed by atoms with E-state index in [9.17, 15) is 5.11 Å². The van der Waals surface area contributed by atoms with E-state index in [0.717, 1.165) is 65.0 Å². The fourth-order valence-corrected chi connectivity index (χ4v) is 6.26. The number of benzene rings is 6. The Hall–Kier alpha value is -4.18. The Kier molecular flexibility index (Phi) is 5.43. The van der Waals surface area contributed by atoms with Crippen LogP contribution in [0, 0.1) is 0 Å². The molecule has 0 unspecified atom stereocenters. The van der Waals surface area contributed by atoms with Crippen LogP contribution in [0.5, 0.6) is 0 Å². The van der Waals surface area contributed by atoms with Gasteiger partial charge in [-0.3, -0.25) is 0 Å². The Morgan fingerprint density at radius 2 is 1.11 bits per heavy atom. The molecular weight excluding hydrogens is 532 g/mol. The van der Waals surface area contributed by atoms with Crippen molar-refractivity contribution in [3.63, 3.8) is 0 Å². The van der Waals surface area contributed by atoms with Crippen LogP contribution in [-0.2, 0) is 5.60 Å². The molecule has 1 N–H and O–H groups in total. The van der Waals surface area contributed by atoms with Crippen LogP contribution in [-0.4, -0.2) is 5.11 Å². The second kappa shape index (κ2) is 8.98. The molecule has 7 rings (SSSR count). The zero-order chi connectivity index (χ0) is 25.7. The van der Waals surface area contributed by atoms with Crippen molar-refractivity contribution in [2.45, 2.75) is 5.60 Å². The van der Waals surface area contributed by atoms with Gasteiger partial charge in [-0.25, -0.2) is 0 Å². The number of halogens is 1. The SMILES string of the molecule is OC(c1ccccc1)(c1ccccc1)c1cc(Br)c2ccccc2c1-c1cccc2c1oc1ccccc12. The molecule has 2 nitrogen and oxygen atoms in total. The minimum absolute atomic E-state index is 0.786. The quantitative estimate of drug-likeness (QED) is 0.220. The van der Waals surface area contributed by atoms with Gasteiger partial charge in [0.2, 0.25) is 0 Å². The first-order chi connectivity index (χ1) is 18.7. The van der Waals surface area contributed by atoms with E-state index >= 15 is 0 Å². The molecule has 38 heavy (non-hydrogen) atoms. The Morgan fingerprint density at radius 1 is 0.553 bits per heavy atom. The molecule has 7 aromatic rings. The highest BCUT2D eigenvalue weighted by atomic mass is 79.9. The van der Waals surface area contributed by atoms with Gasteiger partial charge in [0.1, 0.15) is 16.8 Å². The third kappa shape index (κ3) is 3.43. The predicted molar refractivity (Wildman–Crippen MR) is 159 cm³/mol. The third-order valence-corrected chi connectivity index (χ3v) is 8.10. The highest BCUT2D eigenvalue weighted by molar-refractivity contribution is 9.10. The third-order valence-electron chi connectivity index (χ3n) is 7.44. The molecular formula is C35H23BrO2. The van der Waals surface area contributed by atoms with Crippen molar-refractivity contribution in [1.82, 2.24) is 0 Å². The molecule has 1 heterocycles. The lowest BCUT2D eigenvalue weighted by atomic mass is 9.76. The molecule has 1 aromatic heterocycles. The number of furan rings is 1. The van der Waals surface area contributed by atoms with Gasteiger partial charge in [-0.05, 0) is 34.0 Å². The van der Waals surface area contributed by atoms with Gasteiger partial charge in [-0.1, -0.05) is 137 Å². The van der Waals surface area contributed by atoms with Crippen molar-refractivity contribution < 1.29 is 9.52 Å². The van der Waals surface area contributed by atoms with E-state index in [0.29, 0.717) is 0 Å². The maximum atomic E-state index is 12.9. The molecule has 0 aliphatic carbocycles. The summed E-state index contributed by atoms with van der Waals surface area (Å²) in [5.74, 6) is 0. The van der Waals surface area contributed by atoms with Gasteiger partial charge in [0.25, 0.3) is 0 Å². The summed E-state index contributed by atoms with van der Waals surface area (Å²) >= 11 is 3.84. The maximum Gasteiger partial charge on any atom is 0.143 e. The maximum absolute atomic E-state index is 12.9. The zero-order valence-corrected chi connectivity index (χ0v) is 22.0. The van der Waals surface area contributed by atoms with E-state index in [1.54, 1.807) is 0 Å². The van der Waals surface area contributed by atoms with E-state index in [-0.39, 0.29) is 0 Å². The van der Waals surface area contributed by atoms with E-state index in [2.05, 4.69) is 58.4 Å². The second-order valence-corrected chi connectivity index (χ2v) is 10.4. The van der Waals surface area contributed by atoms with Crippen LogP contribution in [0.3, 0.4) is 0 Å². The summed E-state index contributed by atoms with van der Waals surface area (Å²) in [6.07, 6.45) is 0. The summed E-state index contributed by atoms with van der Waals surface area (Å²) in [7, 11) is 0. The molecule has 0 spiro atoms. The van der Waals surface area contributed by atoms with Crippen LogP contribution in [0.2, 0.25) is 0 Å². The summed E-state index contributed by atoms with van der Waals surface area (Å²) in [4.78, 5) is 0. The predicted octanol–water partition coefficient (Wildman–Crippen LogP) is 9.45. The first kappa shape index (κ1) is 23.0. The number of fused-ring (bicyclic) bond motifs is 4. The Morgan fingerprint density at radius 3 is 1.79 bits per heavy atom. The lowest BCUT2D eigenvalue weighted by molar-refractivity contribution is 0.126. The molecule has 0 bridgehead atoms. The van der Waals surface area contributed by atoms with Gasteiger partial charge in [0.05, 0.1) is 0 Å². The standard InChI is InChI=1S/C35H23BrO2/c36-31-22-30(35(37,23-12-3-1-4-13-23)24-14-5-2-6-15-24)33(27-18-8-7-16-25(27)31)29-20-11-19-28-26-17-9-10-21-32(26)38-34(28)29/h1-22,37H. The van der Waals surface area contributed by atoms with Gasteiger partial charge in [-0.2, -0.15) is 0 Å². The van der Waals surface area contributed by atoms with Gasteiger partial charge in [0, 0.05) is 31.9 Å². The van der Waals surface area contributed by atoms with Gasteiger partial charge in [-0.15, -0.1) is 0 Å². The molecule has 0 radical (unpaired) electrons. The first-order valence-corrected chi connectivity index (χ1v) is 13.4. The fourth-order valence-electron chi connectivity index (χ4n) is 5.69. The molecule has 0 aliphatic rings. The zero-order valence-electron chi connectivity index (χ0n) is 20.4. The fraction of sp³-hybridized carbons (Fsp3) is 0.0286. The van der Waals surface area contributed by atoms with Gasteiger partial charge in [0.15, 0.2) is 0 Å². The van der Waals surface area contributed by atoms with Crippen molar-refractivity contribution >= 4 is 48.6 Å². The number of aliphatic hydroxyl groups is 1. The Bertz CT molecular complexity index is 1900. The summed E-state index contributed by atoms with van der Waals surface area (Å²) < 4.78 is 7.43. The molecule has 0 atom stereocenters. The molecule has 3 heteroatoms. The van der Waals surface area contributed by atoms with Crippen LogP contribution < -0.4 is 0 Å². The van der Waals surface area contributed by atoms with E-state index in [4.69, 9.17) is 4.42 Å². The van der Waals surface area contributed by atoms with Gasteiger partial charge >= 0.3 is 0 Å². The van der Waals surface area contributed by atoms with Crippen LogP contribution in [0.1, 0.15) is 16.7 Å². The average Bonchev–Trinajstić information content (AvgIpc) is 3.37. The monoisotopic (exact) mass is 554 g/mol. The summed E-state index contributed by atoms with van der Waals surface area (Å²) in [6.45, 7) is 0. The Balaban J connectivity index is 1.67. The van der Waals surface area contributed by atoms with Crippen molar-refractivity contribution in [3.8, 4) is 11.1 Å². The number of hydrogen-bond donors (Lipinski definition) is 1. The topological polar surface area (TPSA) is 33.4 Å². The minimum atomic E-state index is -1.42. The van der Waals surface area contributed by atoms with Crippen molar-refractivity contribution in [2.75, 3.05) is 0 Å². The lowest BCUT2D eigenvalue weighted by Crippen LogP contribution is -2.29. The second-order valence-electron chi connectivity index (χ2n) is 9.55. The molecule has 0 saturated carbocycles. The highest BCUT2D eigenvalue weighted by Crippen LogP contribution is 2.48. The highest BCUT2D eigenvalue weighted by Gasteiger charge is 2.37. The van der Waals surface area contributed by atoms with Crippen molar-refractivity contribution in [1.29, 1.82) is 0 Å². The van der Waals surface area contributed by atoms with Crippen LogP contribution in [0.15, 0.2) is 142 Å². The summed E-state index contributed by atoms with van der Waals surface area (Å²) in [5, 5.41) is 17.2. The molecule has 182 valence electrons.